The highest BCUT2D eigenvalue weighted by molar-refractivity contribution is 7.99. The van der Waals surface area contributed by atoms with Gasteiger partial charge in [-0.25, -0.2) is 0 Å². The third-order valence-electron chi connectivity index (χ3n) is 2.03. The van der Waals surface area contributed by atoms with E-state index in [0.717, 1.165) is 18.0 Å². The maximum absolute atomic E-state index is 4.32. The zero-order chi connectivity index (χ0) is 10.6. The molecule has 0 spiro atoms. The van der Waals surface area contributed by atoms with Crippen molar-refractivity contribution in [3.8, 4) is 0 Å². The molecule has 0 fully saturated rings. The van der Waals surface area contributed by atoms with Crippen LogP contribution in [0.15, 0.2) is 11.1 Å². The van der Waals surface area contributed by atoms with Crippen LogP contribution in [0.2, 0.25) is 0 Å². The topological polar surface area (TPSA) is 29.9 Å². The minimum atomic E-state index is 0.695. The minimum absolute atomic E-state index is 0.695. The first-order chi connectivity index (χ1) is 6.63. The quantitative estimate of drug-likeness (QED) is 0.755. The van der Waals surface area contributed by atoms with Crippen LogP contribution >= 0.6 is 11.8 Å². The molecule has 0 saturated carbocycles. The average molecular weight is 213 g/mol. The Morgan fingerprint density at radius 3 is 2.86 bits per heavy atom. The Morgan fingerprint density at radius 2 is 2.36 bits per heavy atom. The van der Waals surface area contributed by atoms with Crippen molar-refractivity contribution in [3.05, 3.63) is 11.8 Å². The highest BCUT2D eigenvalue weighted by Gasteiger charge is 2.05. The van der Waals surface area contributed by atoms with Gasteiger partial charge in [0.1, 0.15) is 0 Å². The molecule has 1 heterocycles. The fourth-order valence-electron chi connectivity index (χ4n) is 1.36. The molecule has 1 atom stereocenters. The molecule has 0 radical (unpaired) electrons. The van der Waals surface area contributed by atoms with Gasteiger partial charge in [0, 0.05) is 12.8 Å². The Kier molecular flexibility index (Phi) is 4.48. The van der Waals surface area contributed by atoms with Crippen LogP contribution in [0, 0.1) is 12.8 Å². The highest BCUT2D eigenvalue weighted by Crippen LogP contribution is 2.20. The van der Waals surface area contributed by atoms with E-state index < -0.39 is 0 Å². The fourth-order valence-corrected chi connectivity index (χ4v) is 2.41. The van der Waals surface area contributed by atoms with Crippen LogP contribution in [0.5, 0.6) is 0 Å². The van der Waals surface area contributed by atoms with E-state index in [9.17, 15) is 0 Å². The number of thioether (sulfide) groups is 1. The summed E-state index contributed by atoms with van der Waals surface area (Å²) in [5, 5.41) is 8.76. The summed E-state index contributed by atoms with van der Waals surface area (Å²) in [6, 6.07) is 2.14. The summed E-state index contributed by atoms with van der Waals surface area (Å²) < 4.78 is 1.95. The molecule has 3 nitrogen and oxygen atoms in total. The second-order valence-corrected chi connectivity index (χ2v) is 4.76. The molecule has 4 heteroatoms. The van der Waals surface area contributed by atoms with Crippen molar-refractivity contribution in [1.29, 1.82) is 0 Å². The zero-order valence-corrected chi connectivity index (χ0v) is 10.2. The lowest BCUT2D eigenvalue weighted by Gasteiger charge is -2.09. The molecule has 1 rings (SSSR count). The first kappa shape index (κ1) is 11.6. The third-order valence-corrected chi connectivity index (χ3v) is 3.44. The number of aryl methyl sites for hydroxylation is 2. The van der Waals surface area contributed by atoms with Crippen LogP contribution in [0.4, 0.5) is 0 Å². The Morgan fingerprint density at radius 1 is 1.64 bits per heavy atom. The van der Waals surface area contributed by atoms with Gasteiger partial charge in [-0.3, -0.25) is 4.68 Å². The molecule has 0 bridgehead atoms. The van der Waals surface area contributed by atoms with Crippen LogP contribution in [0.3, 0.4) is 0 Å². The van der Waals surface area contributed by atoms with E-state index in [1.54, 1.807) is 0 Å². The smallest absolute Gasteiger partial charge is 0.0939 e. The Labute approximate surface area is 90.3 Å². The molecule has 1 aromatic heterocycles. The average Bonchev–Trinajstić information content (AvgIpc) is 2.42. The van der Waals surface area contributed by atoms with E-state index >= 15 is 0 Å². The van der Waals surface area contributed by atoms with Gasteiger partial charge in [-0.15, -0.1) is 11.8 Å². The third kappa shape index (κ3) is 3.35. The number of nitrogens with zero attached hydrogens (tertiary/aromatic N) is 2. The molecule has 14 heavy (non-hydrogen) atoms. The summed E-state index contributed by atoms with van der Waals surface area (Å²) in [5.41, 5.74) is 1.09. The van der Waals surface area contributed by atoms with Crippen LogP contribution in [0.25, 0.3) is 0 Å². The first-order valence-corrected chi connectivity index (χ1v) is 5.90. The summed E-state index contributed by atoms with van der Waals surface area (Å²) in [4.78, 5) is 0. The van der Waals surface area contributed by atoms with Gasteiger partial charge in [0.2, 0.25) is 0 Å². The van der Waals surface area contributed by atoms with Gasteiger partial charge in [0.05, 0.1) is 10.7 Å². The summed E-state index contributed by atoms with van der Waals surface area (Å²) in [5.74, 6) is 1.83. The summed E-state index contributed by atoms with van der Waals surface area (Å²) in [7, 11) is 3.99. The molecule has 0 aliphatic carbocycles. The molecular formula is C10H19N3S. The van der Waals surface area contributed by atoms with Crippen molar-refractivity contribution in [2.24, 2.45) is 13.0 Å². The minimum Gasteiger partial charge on any atom is -0.319 e. The Bertz CT molecular complexity index is 283. The molecule has 0 saturated heterocycles. The molecular weight excluding hydrogens is 194 g/mol. The normalized spacial score (nSPS) is 13.1. The highest BCUT2D eigenvalue weighted by atomic mass is 32.2. The van der Waals surface area contributed by atoms with E-state index in [4.69, 9.17) is 0 Å². The predicted octanol–water partition coefficient (Wildman–Crippen LogP) is 1.68. The standard InChI is InChI=1S/C10H19N3S/c1-8(6-11-3)7-14-10-5-9(2)12-13(10)4/h5,8,11H,6-7H2,1-4H3. The number of hydrogen-bond acceptors (Lipinski definition) is 3. The summed E-state index contributed by atoms with van der Waals surface area (Å²) in [6.45, 7) is 5.36. The number of aromatic nitrogens is 2. The van der Waals surface area contributed by atoms with Crippen molar-refractivity contribution >= 4 is 11.8 Å². The van der Waals surface area contributed by atoms with Crippen LogP contribution in [-0.2, 0) is 7.05 Å². The SMILES string of the molecule is CNCC(C)CSc1cc(C)nn1C. The molecule has 0 aromatic carbocycles. The first-order valence-electron chi connectivity index (χ1n) is 4.91. The van der Waals surface area contributed by atoms with Crippen molar-refractivity contribution < 1.29 is 0 Å². The molecule has 80 valence electrons. The van der Waals surface area contributed by atoms with Crippen LogP contribution < -0.4 is 5.32 Å². The van der Waals surface area contributed by atoms with Gasteiger partial charge in [0.25, 0.3) is 0 Å². The van der Waals surface area contributed by atoms with E-state index in [0.29, 0.717) is 5.92 Å². The monoisotopic (exact) mass is 213 g/mol. The van der Waals surface area contributed by atoms with Crippen molar-refractivity contribution in [3.63, 3.8) is 0 Å². The van der Waals surface area contributed by atoms with Gasteiger partial charge in [-0.05, 0) is 32.5 Å². The van der Waals surface area contributed by atoms with Crippen molar-refractivity contribution in [2.75, 3.05) is 19.3 Å². The van der Waals surface area contributed by atoms with E-state index in [-0.39, 0.29) is 0 Å². The molecule has 1 aromatic rings. The maximum atomic E-state index is 4.32. The maximum Gasteiger partial charge on any atom is 0.0939 e. The van der Waals surface area contributed by atoms with Crippen molar-refractivity contribution in [1.82, 2.24) is 15.1 Å². The van der Waals surface area contributed by atoms with E-state index in [1.807, 2.05) is 37.5 Å². The lowest BCUT2D eigenvalue weighted by molar-refractivity contribution is 0.602. The molecule has 1 N–H and O–H groups in total. The predicted molar refractivity (Wildman–Crippen MR) is 61.8 cm³/mol. The van der Waals surface area contributed by atoms with Crippen LogP contribution in [-0.4, -0.2) is 29.1 Å². The fraction of sp³-hybridized carbons (Fsp3) is 0.700. The summed E-state index contributed by atoms with van der Waals surface area (Å²) in [6.07, 6.45) is 0. The summed E-state index contributed by atoms with van der Waals surface area (Å²) >= 11 is 1.88. The zero-order valence-electron chi connectivity index (χ0n) is 9.37. The number of hydrogen-bond donors (Lipinski definition) is 1. The molecule has 1 unspecified atom stereocenters. The van der Waals surface area contributed by atoms with E-state index in [2.05, 4.69) is 23.4 Å². The number of rotatable bonds is 5. The Balaban J connectivity index is 2.41. The largest absolute Gasteiger partial charge is 0.319 e. The molecule has 0 aliphatic rings. The second kappa shape index (κ2) is 5.41. The van der Waals surface area contributed by atoms with Gasteiger partial charge < -0.3 is 5.32 Å². The lowest BCUT2D eigenvalue weighted by Crippen LogP contribution is -2.17. The van der Waals surface area contributed by atoms with Gasteiger partial charge >= 0.3 is 0 Å². The lowest BCUT2D eigenvalue weighted by atomic mass is 10.2. The second-order valence-electron chi connectivity index (χ2n) is 3.72. The van der Waals surface area contributed by atoms with Crippen LogP contribution in [0.1, 0.15) is 12.6 Å². The van der Waals surface area contributed by atoms with Gasteiger partial charge in [0.15, 0.2) is 0 Å². The number of nitrogens with one attached hydrogen (secondary N) is 1. The Hall–Kier alpha value is -0.480. The van der Waals surface area contributed by atoms with Gasteiger partial charge in [-0.2, -0.15) is 5.10 Å². The van der Waals surface area contributed by atoms with Gasteiger partial charge in [-0.1, -0.05) is 6.92 Å². The molecule has 0 amide bonds. The van der Waals surface area contributed by atoms with E-state index in [1.165, 1.54) is 5.03 Å². The molecule has 0 aliphatic heterocycles. The van der Waals surface area contributed by atoms with Crippen molar-refractivity contribution in [2.45, 2.75) is 18.9 Å².